The second-order valence-electron chi connectivity index (χ2n) is 2.51. The van der Waals surface area contributed by atoms with Crippen molar-refractivity contribution >= 4 is 17.7 Å². The fourth-order valence-electron chi connectivity index (χ4n) is 0.929. The Morgan fingerprint density at radius 1 is 1.38 bits per heavy atom. The number of thioether (sulfide) groups is 1. The molecule has 1 atom stereocenters. The largest absolute Gasteiger partial charge is 0.479 e. The normalized spacial score (nSPS) is 12.5. The number of rotatable bonds is 3. The number of hydrogen-bond donors (Lipinski definition) is 2. The summed E-state index contributed by atoms with van der Waals surface area (Å²) in [5.74, 6) is -1.23. The van der Waals surface area contributed by atoms with Crippen molar-refractivity contribution in [1.29, 1.82) is 0 Å². The molecule has 1 aromatic carbocycles. The molecule has 0 heterocycles. The first-order chi connectivity index (χ1) is 6.15. The highest BCUT2D eigenvalue weighted by atomic mass is 32.2. The van der Waals surface area contributed by atoms with Gasteiger partial charge in [0.15, 0.2) is 6.10 Å². The average Bonchev–Trinajstić information content (AvgIpc) is 2.17. The van der Waals surface area contributed by atoms with Gasteiger partial charge in [0.05, 0.1) is 0 Å². The van der Waals surface area contributed by atoms with Crippen molar-refractivity contribution in [3.8, 4) is 0 Å². The van der Waals surface area contributed by atoms with Crippen LogP contribution in [0.25, 0.3) is 0 Å². The van der Waals surface area contributed by atoms with Gasteiger partial charge in [-0.3, -0.25) is 0 Å². The summed E-state index contributed by atoms with van der Waals surface area (Å²) in [7, 11) is 0. The first-order valence-electron chi connectivity index (χ1n) is 3.70. The van der Waals surface area contributed by atoms with E-state index in [2.05, 4.69) is 0 Å². The number of carboxylic acids is 1. The van der Waals surface area contributed by atoms with Crippen LogP contribution in [0.5, 0.6) is 0 Å². The monoisotopic (exact) mass is 198 g/mol. The van der Waals surface area contributed by atoms with Crippen molar-refractivity contribution in [2.24, 2.45) is 0 Å². The molecule has 0 saturated carbocycles. The molecule has 0 aliphatic rings. The molecular weight excluding hydrogens is 188 g/mol. The van der Waals surface area contributed by atoms with E-state index in [1.54, 1.807) is 36.0 Å². The molecule has 0 spiro atoms. The summed E-state index contributed by atoms with van der Waals surface area (Å²) in [6.07, 6.45) is 0.513. The van der Waals surface area contributed by atoms with E-state index in [1.807, 2.05) is 6.26 Å². The van der Waals surface area contributed by atoms with E-state index in [1.165, 1.54) is 0 Å². The minimum absolute atomic E-state index is 0.408. The maximum absolute atomic E-state index is 10.4. The van der Waals surface area contributed by atoms with Crippen LogP contribution in [0.3, 0.4) is 0 Å². The lowest BCUT2D eigenvalue weighted by molar-refractivity contribution is -0.146. The highest BCUT2D eigenvalue weighted by molar-refractivity contribution is 7.98. The van der Waals surface area contributed by atoms with Crippen LogP contribution in [0.2, 0.25) is 0 Å². The van der Waals surface area contributed by atoms with Crippen LogP contribution in [0.4, 0.5) is 0 Å². The lowest BCUT2D eigenvalue weighted by Gasteiger charge is -2.05. The van der Waals surface area contributed by atoms with Gasteiger partial charge in [0.2, 0.25) is 0 Å². The molecule has 0 aromatic heterocycles. The van der Waals surface area contributed by atoms with Gasteiger partial charge in [-0.05, 0) is 24.0 Å². The Morgan fingerprint density at radius 2 is 1.92 bits per heavy atom. The quantitative estimate of drug-likeness (QED) is 0.723. The summed E-state index contributed by atoms with van der Waals surface area (Å²) in [5.41, 5.74) is 0.408. The minimum Gasteiger partial charge on any atom is -0.479 e. The third-order valence-corrected chi connectivity index (χ3v) is 2.41. The van der Waals surface area contributed by atoms with Crippen LogP contribution in [-0.4, -0.2) is 22.4 Å². The van der Waals surface area contributed by atoms with Gasteiger partial charge >= 0.3 is 5.97 Å². The van der Waals surface area contributed by atoms with Gasteiger partial charge < -0.3 is 10.2 Å². The van der Waals surface area contributed by atoms with Crippen molar-refractivity contribution in [3.63, 3.8) is 0 Å². The summed E-state index contributed by atoms with van der Waals surface area (Å²) in [6.45, 7) is 0. The van der Waals surface area contributed by atoms with Crippen LogP contribution in [0, 0.1) is 0 Å². The number of benzene rings is 1. The SMILES string of the molecule is CSc1ccc(C(O)C(=O)O)cc1. The molecule has 0 saturated heterocycles. The van der Waals surface area contributed by atoms with Gasteiger partial charge in [0.25, 0.3) is 0 Å². The lowest BCUT2D eigenvalue weighted by Crippen LogP contribution is -2.09. The van der Waals surface area contributed by atoms with Gasteiger partial charge in [-0.2, -0.15) is 0 Å². The second kappa shape index (κ2) is 4.30. The Hall–Kier alpha value is -1.00. The van der Waals surface area contributed by atoms with Crippen molar-refractivity contribution in [1.82, 2.24) is 0 Å². The molecule has 1 rings (SSSR count). The molecule has 1 aromatic rings. The summed E-state index contributed by atoms with van der Waals surface area (Å²) < 4.78 is 0. The number of carboxylic acid groups (broad SMARTS) is 1. The topological polar surface area (TPSA) is 57.5 Å². The van der Waals surface area contributed by atoms with E-state index < -0.39 is 12.1 Å². The summed E-state index contributed by atoms with van der Waals surface area (Å²) >= 11 is 1.57. The van der Waals surface area contributed by atoms with Gasteiger partial charge in [-0.1, -0.05) is 12.1 Å². The number of aliphatic hydroxyl groups is 1. The number of aliphatic carboxylic acids is 1. The molecule has 0 aliphatic carbocycles. The molecule has 1 unspecified atom stereocenters. The molecule has 4 heteroatoms. The molecule has 2 N–H and O–H groups in total. The van der Waals surface area contributed by atoms with Gasteiger partial charge in [-0.25, -0.2) is 4.79 Å². The number of carbonyl (C=O) groups is 1. The van der Waals surface area contributed by atoms with E-state index in [4.69, 9.17) is 10.2 Å². The van der Waals surface area contributed by atoms with Crippen LogP contribution in [-0.2, 0) is 4.79 Å². The van der Waals surface area contributed by atoms with Crippen molar-refractivity contribution in [3.05, 3.63) is 29.8 Å². The van der Waals surface area contributed by atoms with Crippen LogP contribution >= 0.6 is 11.8 Å². The third-order valence-electron chi connectivity index (χ3n) is 1.67. The van der Waals surface area contributed by atoms with Crippen molar-refractivity contribution in [2.45, 2.75) is 11.0 Å². The Kier molecular flexibility index (Phi) is 3.33. The maximum atomic E-state index is 10.4. The Labute approximate surface area is 80.4 Å². The minimum atomic E-state index is -1.42. The highest BCUT2D eigenvalue weighted by Gasteiger charge is 2.14. The second-order valence-corrected chi connectivity index (χ2v) is 3.39. The van der Waals surface area contributed by atoms with Gasteiger partial charge in [0, 0.05) is 4.90 Å². The zero-order valence-corrected chi connectivity index (χ0v) is 7.91. The van der Waals surface area contributed by atoms with Crippen LogP contribution < -0.4 is 0 Å². The zero-order valence-electron chi connectivity index (χ0n) is 7.10. The summed E-state index contributed by atoms with van der Waals surface area (Å²) in [4.78, 5) is 11.4. The Morgan fingerprint density at radius 3 is 2.31 bits per heavy atom. The van der Waals surface area contributed by atoms with E-state index in [0.29, 0.717) is 5.56 Å². The highest BCUT2D eigenvalue weighted by Crippen LogP contribution is 2.18. The first kappa shape index (κ1) is 10.1. The fourth-order valence-corrected chi connectivity index (χ4v) is 1.34. The molecule has 0 fully saturated rings. The molecule has 70 valence electrons. The molecular formula is C9H10O3S. The van der Waals surface area contributed by atoms with E-state index in [9.17, 15) is 4.79 Å². The van der Waals surface area contributed by atoms with Crippen molar-refractivity contribution in [2.75, 3.05) is 6.26 Å². The first-order valence-corrected chi connectivity index (χ1v) is 4.92. The molecule has 0 bridgehead atoms. The van der Waals surface area contributed by atoms with Gasteiger partial charge in [-0.15, -0.1) is 11.8 Å². The summed E-state index contributed by atoms with van der Waals surface area (Å²) in [6, 6.07) is 6.80. The average molecular weight is 198 g/mol. The van der Waals surface area contributed by atoms with E-state index in [0.717, 1.165) is 4.90 Å². The van der Waals surface area contributed by atoms with E-state index in [-0.39, 0.29) is 0 Å². The Bertz CT molecular complexity index is 294. The fraction of sp³-hybridized carbons (Fsp3) is 0.222. The summed E-state index contributed by atoms with van der Waals surface area (Å²) in [5, 5.41) is 17.7. The molecule has 3 nitrogen and oxygen atoms in total. The maximum Gasteiger partial charge on any atom is 0.337 e. The van der Waals surface area contributed by atoms with Crippen molar-refractivity contribution < 1.29 is 15.0 Å². The predicted octanol–water partition coefficient (Wildman–Crippen LogP) is 1.53. The smallest absolute Gasteiger partial charge is 0.337 e. The Balaban J connectivity index is 2.85. The van der Waals surface area contributed by atoms with E-state index >= 15 is 0 Å². The molecule has 0 radical (unpaired) electrons. The lowest BCUT2D eigenvalue weighted by atomic mass is 10.1. The number of hydrogen-bond acceptors (Lipinski definition) is 3. The predicted molar refractivity (Wildman–Crippen MR) is 50.8 cm³/mol. The van der Waals surface area contributed by atoms with Crippen LogP contribution in [0.1, 0.15) is 11.7 Å². The zero-order chi connectivity index (χ0) is 9.84. The molecule has 0 aliphatic heterocycles. The van der Waals surface area contributed by atoms with Gasteiger partial charge in [0.1, 0.15) is 0 Å². The number of aliphatic hydroxyl groups excluding tert-OH is 1. The third kappa shape index (κ3) is 2.47. The molecule has 0 amide bonds. The molecule has 13 heavy (non-hydrogen) atoms. The van der Waals surface area contributed by atoms with Crippen LogP contribution in [0.15, 0.2) is 29.2 Å². The standard InChI is InChI=1S/C9H10O3S/c1-13-7-4-2-6(3-5-7)8(10)9(11)12/h2-5,8,10H,1H3,(H,11,12).